The molecule has 3 aliphatic heterocycles. The average molecular weight is 791 g/mol. The molecular formula is C39H40BBrF4N6O2. The topological polar surface area (TPSA) is 125 Å². The Morgan fingerprint density at radius 2 is 1.23 bits per heavy atom. The molecule has 276 valence electrons. The van der Waals surface area contributed by atoms with E-state index < -0.39 is 19.0 Å². The van der Waals surface area contributed by atoms with E-state index in [4.69, 9.17) is 31.3 Å². The molecular weight excluding hydrogens is 751 g/mol. The molecule has 3 aliphatic rings. The lowest BCUT2D eigenvalue weighted by Crippen LogP contribution is -2.47. The van der Waals surface area contributed by atoms with E-state index >= 15 is 0 Å². The molecule has 3 saturated heterocycles. The number of halogens is 5. The van der Waals surface area contributed by atoms with Gasteiger partial charge in [0, 0.05) is 49.0 Å². The number of nitrogen functional groups attached to an aromatic ring is 2. The van der Waals surface area contributed by atoms with E-state index in [1.807, 2.05) is 48.5 Å². The molecule has 0 saturated carbocycles. The lowest BCUT2D eigenvalue weighted by atomic mass is 9.75. The summed E-state index contributed by atoms with van der Waals surface area (Å²) in [5, 5.41) is 17.6. The molecule has 14 heteroatoms. The van der Waals surface area contributed by atoms with Crippen LogP contribution in [0.3, 0.4) is 0 Å². The lowest BCUT2D eigenvalue weighted by molar-refractivity contribution is 0.0250. The van der Waals surface area contributed by atoms with Crippen LogP contribution in [-0.4, -0.2) is 58.4 Å². The Balaban J connectivity index is 0.000000167. The van der Waals surface area contributed by atoms with Crippen LogP contribution in [0.5, 0.6) is 0 Å². The van der Waals surface area contributed by atoms with Crippen molar-refractivity contribution in [2.75, 3.05) is 60.7 Å². The van der Waals surface area contributed by atoms with Crippen LogP contribution >= 0.6 is 15.9 Å². The molecule has 3 heterocycles. The van der Waals surface area contributed by atoms with Crippen LogP contribution in [0.25, 0.3) is 11.1 Å². The van der Waals surface area contributed by atoms with Gasteiger partial charge in [-0.2, -0.15) is 10.5 Å². The molecule has 8 nitrogen and oxygen atoms in total. The highest BCUT2D eigenvalue weighted by Gasteiger charge is 2.40. The van der Waals surface area contributed by atoms with E-state index in [1.165, 1.54) is 0 Å². The van der Waals surface area contributed by atoms with Crippen molar-refractivity contribution in [2.24, 2.45) is 5.41 Å². The van der Waals surface area contributed by atoms with Gasteiger partial charge in [0.15, 0.2) is 0 Å². The third-order valence-electron chi connectivity index (χ3n) is 8.98. The molecule has 0 unspecified atom stereocenters. The number of alkyl halides is 4. The lowest BCUT2D eigenvalue weighted by Gasteiger charge is -2.33. The fourth-order valence-electron chi connectivity index (χ4n) is 6.17. The van der Waals surface area contributed by atoms with Crippen LogP contribution < -0.4 is 26.7 Å². The maximum absolute atomic E-state index is 13.3. The van der Waals surface area contributed by atoms with Crippen molar-refractivity contribution in [3.8, 4) is 23.3 Å². The monoisotopic (exact) mass is 790 g/mol. The Morgan fingerprint density at radius 1 is 0.717 bits per heavy atom. The van der Waals surface area contributed by atoms with Crippen LogP contribution in [0.4, 0.5) is 40.3 Å². The van der Waals surface area contributed by atoms with Gasteiger partial charge in [-0.15, -0.1) is 0 Å². The normalized spacial score (nSPS) is 18.2. The first-order valence-electron chi connectivity index (χ1n) is 17.0. The maximum Gasteiger partial charge on any atom is 0.493 e. The third kappa shape index (κ3) is 10.2. The van der Waals surface area contributed by atoms with Gasteiger partial charge < -0.3 is 30.6 Å². The van der Waals surface area contributed by atoms with Crippen molar-refractivity contribution < 1.29 is 26.9 Å². The fraction of sp³-hybridized carbons (Fsp3) is 0.333. The number of nitrogens with two attached hydrogens (primary N) is 2. The predicted molar refractivity (Wildman–Crippen MR) is 205 cm³/mol. The summed E-state index contributed by atoms with van der Waals surface area (Å²) in [6, 6.07) is 29.4. The van der Waals surface area contributed by atoms with Crippen molar-refractivity contribution in [1.82, 2.24) is 0 Å². The largest absolute Gasteiger partial charge is 0.493 e. The summed E-state index contributed by atoms with van der Waals surface area (Å²) < 4.78 is 65.6. The molecule has 4 aromatic rings. The average Bonchev–Trinajstić information content (AvgIpc) is 3.68. The van der Waals surface area contributed by atoms with Gasteiger partial charge in [0.05, 0.1) is 53.0 Å². The number of anilines is 4. The van der Waals surface area contributed by atoms with Crippen LogP contribution in [0.15, 0.2) is 89.4 Å². The van der Waals surface area contributed by atoms with E-state index in [0.717, 1.165) is 21.1 Å². The third-order valence-corrected chi connectivity index (χ3v) is 9.67. The SMILES string of the molecule is CC1(C)COB(c2ccc(N3CCC(F)(F)C3)c(N)c2)OC1.N#Cc1ccccc1-c1ccc(N2CCC(F)(F)C2)c(N)c1.N#Cc1ccccc1Br. The minimum atomic E-state index is -2.65. The second-order valence-electron chi connectivity index (χ2n) is 14.0. The Hall–Kier alpha value is -4.76. The summed E-state index contributed by atoms with van der Waals surface area (Å²) in [6.07, 6.45) is -0.274. The Morgan fingerprint density at radius 3 is 1.70 bits per heavy atom. The van der Waals surface area contributed by atoms with Crippen molar-refractivity contribution in [2.45, 2.75) is 38.5 Å². The number of hydrogen-bond acceptors (Lipinski definition) is 8. The highest BCUT2D eigenvalue weighted by Crippen LogP contribution is 2.37. The number of rotatable bonds is 4. The Bertz CT molecular complexity index is 1990. The minimum absolute atomic E-state index is 0.00309. The molecule has 0 radical (unpaired) electrons. The van der Waals surface area contributed by atoms with Gasteiger partial charge in [-0.1, -0.05) is 56.3 Å². The van der Waals surface area contributed by atoms with Crippen LogP contribution in [0.2, 0.25) is 0 Å². The van der Waals surface area contributed by atoms with Crippen molar-refractivity contribution in [3.05, 3.63) is 101 Å². The summed E-state index contributed by atoms with van der Waals surface area (Å²) in [6.45, 7) is 5.41. The molecule has 0 aliphatic carbocycles. The molecule has 4 aromatic carbocycles. The maximum atomic E-state index is 13.3. The predicted octanol–water partition coefficient (Wildman–Crippen LogP) is 7.86. The van der Waals surface area contributed by atoms with Crippen molar-refractivity contribution in [1.29, 1.82) is 10.5 Å². The molecule has 0 aromatic heterocycles. The zero-order valence-electron chi connectivity index (χ0n) is 29.5. The molecule has 53 heavy (non-hydrogen) atoms. The number of nitriles is 2. The summed E-state index contributed by atoms with van der Waals surface area (Å²) in [5.74, 6) is -5.29. The van der Waals surface area contributed by atoms with Gasteiger partial charge in [-0.25, -0.2) is 17.6 Å². The summed E-state index contributed by atoms with van der Waals surface area (Å²) >= 11 is 3.23. The van der Waals surface area contributed by atoms with E-state index in [2.05, 4.69) is 35.8 Å². The highest BCUT2D eigenvalue weighted by atomic mass is 79.9. The summed E-state index contributed by atoms with van der Waals surface area (Å²) in [7, 11) is -0.440. The zero-order chi connectivity index (χ0) is 38.4. The van der Waals surface area contributed by atoms with Gasteiger partial charge in [0.1, 0.15) is 6.07 Å². The molecule has 0 spiro atoms. The molecule has 0 atom stereocenters. The zero-order valence-corrected chi connectivity index (χ0v) is 31.1. The Kier molecular flexibility index (Phi) is 12.3. The first-order valence-corrected chi connectivity index (χ1v) is 17.8. The van der Waals surface area contributed by atoms with Crippen molar-refractivity contribution >= 4 is 51.3 Å². The van der Waals surface area contributed by atoms with E-state index in [9.17, 15) is 17.6 Å². The van der Waals surface area contributed by atoms with Crippen molar-refractivity contribution in [3.63, 3.8) is 0 Å². The second-order valence-corrected chi connectivity index (χ2v) is 14.9. The second kappa shape index (κ2) is 16.5. The van der Waals surface area contributed by atoms with Gasteiger partial charge in [-0.05, 0) is 75.0 Å². The van der Waals surface area contributed by atoms with Gasteiger partial charge in [0.25, 0.3) is 11.8 Å². The van der Waals surface area contributed by atoms with Crippen LogP contribution in [-0.2, 0) is 9.31 Å². The molecule has 7 rings (SSSR count). The van der Waals surface area contributed by atoms with E-state index in [1.54, 1.807) is 52.3 Å². The van der Waals surface area contributed by atoms with Crippen LogP contribution in [0, 0.1) is 28.1 Å². The highest BCUT2D eigenvalue weighted by molar-refractivity contribution is 9.10. The smallest absolute Gasteiger partial charge is 0.407 e. The van der Waals surface area contributed by atoms with Gasteiger partial charge >= 0.3 is 7.12 Å². The minimum Gasteiger partial charge on any atom is -0.407 e. The standard InChI is InChI=1S/C17H15F2N3.C15H21BF2N2O2.C7H4BrN/c18-17(19)7-8-22(11-17)16-6-5-12(9-15(16)21)14-4-2-1-3-13(14)10-20;1-14(2)9-21-16(22-10-14)11-3-4-13(12(19)7-11)20-6-5-15(17,18)8-20;8-7-4-2-1-3-6(7)5-9/h1-6,9H,7-8,11,21H2;3-4,7H,5-6,8-10,19H2,1-2H3;1-4H. The quantitative estimate of drug-likeness (QED) is 0.122. The molecule has 3 fully saturated rings. The number of benzene rings is 4. The van der Waals surface area contributed by atoms with Gasteiger partial charge in [-0.3, -0.25) is 0 Å². The Labute approximate surface area is 316 Å². The number of nitrogens with zero attached hydrogens (tertiary/aromatic N) is 4. The summed E-state index contributed by atoms with van der Waals surface area (Å²) in [4.78, 5) is 3.24. The number of hydrogen-bond donors (Lipinski definition) is 2. The molecule has 0 amide bonds. The molecule has 0 bridgehead atoms. The van der Waals surface area contributed by atoms with E-state index in [0.29, 0.717) is 60.2 Å². The summed E-state index contributed by atoms with van der Waals surface area (Å²) in [5.41, 5.74) is 18.0. The van der Waals surface area contributed by atoms with E-state index in [-0.39, 0.29) is 31.3 Å². The fourth-order valence-corrected chi connectivity index (χ4v) is 6.54. The van der Waals surface area contributed by atoms with Gasteiger partial charge in [0.2, 0.25) is 0 Å². The first-order chi connectivity index (χ1) is 25.1. The van der Waals surface area contributed by atoms with Crippen LogP contribution in [0.1, 0.15) is 37.8 Å². The first kappa shape index (κ1) is 39.5. The molecule has 4 N–H and O–H groups in total.